The van der Waals surface area contributed by atoms with Crippen LogP contribution in [0.2, 0.25) is 0 Å². The number of benzene rings is 1. The second-order valence-corrected chi connectivity index (χ2v) is 5.27. The standard InChI is InChI=1S/C14H23NO2/c1-10-7-8-12(17-6)11(9-10)13(15(4)5)14(2,3)16/h7-9,13,16H,1-6H3. The summed E-state index contributed by atoms with van der Waals surface area (Å²) in [7, 11) is 5.58. The second kappa shape index (κ2) is 5.07. The summed E-state index contributed by atoms with van der Waals surface area (Å²) in [5, 5.41) is 10.3. The van der Waals surface area contributed by atoms with E-state index >= 15 is 0 Å². The molecule has 1 aromatic carbocycles. The van der Waals surface area contributed by atoms with Crippen molar-refractivity contribution >= 4 is 0 Å². The van der Waals surface area contributed by atoms with Crippen molar-refractivity contribution in [1.29, 1.82) is 0 Å². The van der Waals surface area contributed by atoms with Gasteiger partial charge >= 0.3 is 0 Å². The monoisotopic (exact) mass is 237 g/mol. The van der Waals surface area contributed by atoms with Gasteiger partial charge in [-0.15, -0.1) is 0 Å². The zero-order valence-corrected chi connectivity index (χ0v) is 11.6. The number of ether oxygens (including phenoxy) is 1. The van der Waals surface area contributed by atoms with Gasteiger partial charge in [0.25, 0.3) is 0 Å². The summed E-state index contributed by atoms with van der Waals surface area (Å²) in [5.41, 5.74) is 1.35. The summed E-state index contributed by atoms with van der Waals surface area (Å²) in [6, 6.07) is 5.94. The summed E-state index contributed by atoms with van der Waals surface area (Å²) < 4.78 is 5.39. The van der Waals surface area contributed by atoms with E-state index in [4.69, 9.17) is 4.74 Å². The van der Waals surface area contributed by atoms with Gasteiger partial charge in [0.05, 0.1) is 18.8 Å². The van der Waals surface area contributed by atoms with E-state index in [1.54, 1.807) is 7.11 Å². The van der Waals surface area contributed by atoms with Crippen LogP contribution in [-0.2, 0) is 0 Å². The first-order valence-electron chi connectivity index (χ1n) is 5.80. The zero-order chi connectivity index (χ0) is 13.2. The molecule has 17 heavy (non-hydrogen) atoms. The number of hydrogen-bond acceptors (Lipinski definition) is 3. The highest BCUT2D eigenvalue weighted by Crippen LogP contribution is 2.36. The Hall–Kier alpha value is -1.06. The molecule has 3 heteroatoms. The molecular weight excluding hydrogens is 214 g/mol. The molecule has 0 heterocycles. The largest absolute Gasteiger partial charge is 0.496 e. The van der Waals surface area contributed by atoms with E-state index in [-0.39, 0.29) is 6.04 Å². The third kappa shape index (κ3) is 3.20. The number of nitrogens with zero attached hydrogens (tertiary/aromatic N) is 1. The zero-order valence-electron chi connectivity index (χ0n) is 11.6. The van der Waals surface area contributed by atoms with Crippen LogP contribution >= 0.6 is 0 Å². The Kier molecular flexibility index (Phi) is 4.17. The average molecular weight is 237 g/mol. The van der Waals surface area contributed by atoms with Gasteiger partial charge in [0.15, 0.2) is 0 Å². The molecule has 1 atom stereocenters. The van der Waals surface area contributed by atoms with Gasteiger partial charge in [0.1, 0.15) is 5.75 Å². The summed E-state index contributed by atoms with van der Waals surface area (Å²) in [5.74, 6) is 0.816. The molecule has 0 saturated carbocycles. The number of aliphatic hydroxyl groups is 1. The van der Waals surface area contributed by atoms with Crippen LogP contribution in [0.1, 0.15) is 31.0 Å². The highest BCUT2D eigenvalue weighted by molar-refractivity contribution is 5.40. The first-order chi connectivity index (χ1) is 7.77. The molecule has 1 N–H and O–H groups in total. The van der Waals surface area contributed by atoms with Crippen LogP contribution in [0, 0.1) is 6.92 Å². The molecule has 1 rings (SSSR count). The average Bonchev–Trinajstić information content (AvgIpc) is 2.15. The van der Waals surface area contributed by atoms with Crippen LogP contribution < -0.4 is 4.74 Å². The summed E-state index contributed by atoms with van der Waals surface area (Å²) in [4.78, 5) is 2.01. The van der Waals surface area contributed by atoms with Crippen LogP contribution in [0.5, 0.6) is 5.75 Å². The quantitative estimate of drug-likeness (QED) is 0.872. The second-order valence-electron chi connectivity index (χ2n) is 5.27. The van der Waals surface area contributed by atoms with Crippen LogP contribution in [0.4, 0.5) is 0 Å². The molecule has 0 bridgehead atoms. The highest BCUT2D eigenvalue weighted by atomic mass is 16.5. The Morgan fingerprint density at radius 2 is 1.88 bits per heavy atom. The first kappa shape index (κ1) is 14.0. The Bertz CT molecular complexity index is 380. The topological polar surface area (TPSA) is 32.7 Å². The Morgan fingerprint density at radius 1 is 1.29 bits per heavy atom. The minimum absolute atomic E-state index is 0.0997. The Morgan fingerprint density at radius 3 is 2.29 bits per heavy atom. The molecule has 0 amide bonds. The van der Waals surface area contributed by atoms with Crippen LogP contribution in [0.25, 0.3) is 0 Å². The molecule has 96 valence electrons. The number of likely N-dealkylation sites (N-methyl/N-ethyl adjacent to an activating group) is 1. The minimum Gasteiger partial charge on any atom is -0.496 e. The van der Waals surface area contributed by atoms with Crippen LogP contribution in [-0.4, -0.2) is 36.8 Å². The lowest BCUT2D eigenvalue weighted by atomic mass is 9.89. The molecule has 0 aliphatic heterocycles. The van der Waals surface area contributed by atoms with Crippen molar-refractivity contribution in [2.45, 2.75) is 32.4 Å². The predicted octanol–water partition coefficient (Wildman–Crippen LogP) is 2.38. The molecule has 0 saturated heterocycles. The van der Waals surface area contributed by atoms with Gasteiger partial charge in [0, 0.05) is 5.56 Å². The fourth-order valence-electron chi connectivity index (χ4n) is 2.36. The Labute approximate surface area is 104 Å². The van der Waals surface area contributed by atoms with Gasteiger partial charge in [-0.05, 0) is 40.9 Å². The van der Waals surface area contributed by atoms with E-state index in [0.717, 1.165) is 16.9 Å². The maximum Gasteiger partial charge on any atom is 0.123 e. The SMILES string of the molecule is COc1ccc(C)cc1C(N(C)C)C(C)(C)O. The highest BCUT2D eigenvalue weighted by Gasteiger charge is 2.32. The van der Waals surface area contributed by atoms with Gasteiger partial charge in [-0.3, -0.25) is 4.90 Å². The third-order valence-corrected chi connectivity index (χ3v) is 2.87. The molecule has 1 aromatic rings. The molecular formula is C14H23NO2. The van der Waals surface area contributed by atoms with E-state index < -0.39 is 5.60 Å². The van der Waals surface area contributed by atoms with Gasteiger partial charge in [-0.2, -0.15) is 0 Å². The van der Waals surface area contributed by atoms with Crippen molar-refractivity contribution in [3.05, 3.63) is 29.3 Å². The molecule has 0 aromatic heterocycles. The van der Waals surface area contributed by atoms with Crippen molar-refractivity contribution in [2.75, 3.05) is 21.2 Å². The minimum atomic E-state index is -0.829. The van der Waals surface area contributed by atoms with E-state index in [1.165, 1.54) is 0 Å². The molecule has 0 aliphatic carbocycles. The van der Waals surface area contributed by atoms with Gasteiger partial charge in [-0.25, -0.2) is 0 Å². The fraction of sp³-hybridized carbons (Fsp3) is 0.571. The van der Waals surface area contributed by atoms with Crippen molar-refractivity contribution in [3.63, 3.8) is 0 Å². The lowest BCUT2D eigenvalue weighted by molar-refractivity contribution is -0.00411. The first-order valence-corrected chi connectivity index (χ1v) is 5.80. The van der Waals surface area contributed by atoms with Crippen molar-refractivity contribution in [2.24, 2.45) is 0 Å². The summed E-state index contributed by atoms with van der Waals surface area (Å²) >= 11 is 0. The number of methoxy groups -OCH3 is 1. The predicted molar refractivity (Wildman–Crippen MR) is 70.5 cm³/mol. The maximum atomic E-state index is 10.3. The van der Waals surface area contributed by atoms with Gasteiger partial charge in [0.2, 0.25) is 0 Å². The van der Waals surface area contributed by atoms with Crippen LogP contribution in [0.3, 0.4) is 0 Å². The number of aryl methyl sites for hydroxylation is 1. The fourth-order valence-corrected chi connectivity index (χ4v) is 2.36. The van der Waals surface area contributed by atoms with Crippen molar-refractivity contribution in [1.82, 2.24) is 4.90 Å². The lowest BCUT2D eigenvalue weighted by Gasteiger charge is -2.36. The van der Waals surface area contributed by atoms with E-state index in [1.807, 2.05) is 51.9 Å². The summed E-state index contributed by atoms with van der Waals surface area (Å²) in [6.45, 7) is 5.68. The smallest absolute Gasteiger partial charge is 0.123 e. The molecule has 0 fully saturated rings. The molecule has 1 unspecified atom stereocenters. The normalized spacial score (nSPS) is 13.9. The van der Waals surface area contributed by atoms with Crippen molar-refractivity contribution < 1.29 is 9.84 Å². The van der Waals surface area contributed by atoms with E-state index in [0.29, 0.717) is 0 Å². The lowest BCUT2D eigenvalue weighted by Crippen LogP contribution is -2.38. The Balaban J connectivity index is 3.32. The van der Waals surface area contributed by atoms with E-state index in [2.05, 4.69) is 6.07 Å². The molecule has 0 radical (unpaired) electrons. The van der Waals surface area contributed by atoms with Crippen LogP contribution in [0.15, 0.2) is 18.2 Å². The molecule has 3 nitrogen and oxygen atoms in total. The maximum absolute atomic E-state index is 10.3. The summed E-state index contributed by atoms with van der Waals surface area (Å²) in [6.07, 6.45) is 0. The molecule has 0 aliphatic rings. The number of rotatable bonds is 4. The third-order valence-electron chi connectivity index (χ3n) is 2.87. The molecule has 0 spiro atoms. The number of hydrogen-bond donors (Lipinski definition) is 1. The van der Waals surface area contributed by atoms with E-state index in [9.17, 15) is 5.11 Å². The van der Waals surface area contributed by atoms with Gasteiger partial charge < -0.3 is 9.84 Å². The van der Waals surface area contributed by atoms with Crippen molar-refractivity contribution in [3.8, 4) is 5.75 Å². The van der Waals surface area contributed by atoms with Gasteiger partial charge in [-0.1, -0.05) is 17.7 Å².